The Morgan fingerprint density at radius 1 is 1.38 bits per heavy atom. The lowest BCUT2D eigenvalue weighted by Crippen LogP contribution is -2.14. The highest BCUT2D eigenvalue weighted by molar-refractivity contribution is 6.28. The van der Waals surface area contributed by atoms with E-state index < -0.39 is 5.69 Å². The van der Waals surface area contributed by atoms with Crippen LogP contribution in [0.1, 0.15) is 32.0 Å². The maximum absolute atomic E-state index is 10.9. The molecule has 0 aromatic carbocycles. The molecule has 1 N–H and O–H groups in total. The number of hydrogen-bond donors (Lipinski definition) is 1. The lowest BCUT2D eigenvalue weighted by Gasteiger charge is -1.98. The van der Waals surface area contributed by atoms with Gasteiger partial charge in [-0.05, 0) is 18.0 Å². The highest BCUT2D eigenvalue weighted by Crippen LogP contribution is 2.01. The van der Waals surface area contributed by atoms with Crippen LogP contribution < -0.4 is 5.69 Å². The number of nitrogens with zero attached hydrogens (tertiary/aromatic N) is 2. The summed E-state index contributed by atoms with van der Waals surface area (Å²) in [4.78, 5) is 20.7. The molecule has 0 amide bonds. The van der Waals surface area contributed by atoms with Crippen LogP contribution in [0, 0.1) is 0 Å². The summed E-state index contributed by atoms with van der Waals surface area (Å²) in [5.74, 6) is 0.624. The molecule has 4 nitrogen and oxygen atoms in total. The van der Waals surface area contributed by atoms with Gasteiger partial charge in [0.2, 0.25) is 5.28 Å². The molecule has 0 saturated carbocycles. The van der Waals surface area contributed by atoms with Crippen LogP contribution in [0.25, 0.3) is 0 Å². The maximum atomic E-state index is 10.9. The summed E-state index contributed by atoms with van der Waals surface area (Å²) in [6.07, 6.45) is 4.04. The Morgan fingerprint density at radius 2 is 2.15 bits per heavy atom. The van der Waals surface area contributed by atoms with Crippen LogP contribution in [0.3, 0.4) is 0 Å². The first-order valence-corrected chi connectivity index (χ1v) is 4.73. The smallest absolute Gasteiger partial charge is 0.294 e. The van der Waals surface area contributed by atoms with E-state index in [4.69, 9.17) is 11.6 Å². The third kappa shape index (κ3) is 3.55. The minimum absolute atomic E-state index is 0.0234. The molecule has 1 aromatic rings. The van der Waals surface area contributed by atoms with E-state index >= 15 is 0 Å². The van der Waals surface area contributed by atoms with Gasteiger partial charge in [-0.1, -0.05) is 19.8 Å². The minimum Gasteiger partial charge on any atom is -0.294 e. The predicted octanol–water partition coefficient (Wildman–Crippen LogP) is 1.55. The number of aromatic nitrogens is 3. The van der Waals surface area contributed by atoms with E-state index in [1.165, 1.54) is 0 Å². The molecule has 5 heteroatoms. The highest BCUT2D eigenvalue weighted by atomic mass is 35.5. The van der Waals surface area contributed by atoms with Gasteiger partial charge in [0.25, 0.3) is 0 Å². The zero-order valence-electron chi connectivity index (χ0n) is 7.51. The molecule has 0 bridgehead atoms. The second-order valence-corrected chi connectivity index (χ2v) is 3.16. The second-order valence-electron chi connectivity index (χ2n) is 2.83. The molecular formula is C8H12ClN3O. The average Bonchev–Trinajstić information content (AvgIpc) is 2.03. The third-order valence-corrected chi connectivity index (χ3v) is 1.86. The Balaban J connectivity index is 2.61. The van der Waals surface area contributed by atoms with E-state index in [9.17, 15) is 4.79 Å². The van der Waals surface area contributed by atoms with Gasteiger partial charge in [0.15, 0.2) is 0 Å². The van der Waals surface area contributed by atoms with E-state index in [2.05, 4.69) is 21.9 Å². The van der Waals surface area contributed by atoms with E-state index in [1.807, 2.05) is 0 Å². The Bertz CT molecular complexity index is 323. The van der Waals surface area contributed by atoms with Crippen LogP contribution >= 0.6 is 11.6 Å². The summed E-state index contributed by atoms with van der Waals surface area (Å²) in [5.41, 5.74) is -0.425. The van der Waals surface area contributed by atoms with Crippen molar-refractivity contribution in [1.82, 2.24) is 15.0 Å². The number of nitrogens with one attached hydrogen (secondary N) is 1. The third-order valence-electron chi connectivity index (χ3n) is 1.69. The molecule has 0 radical (unpaired) electrons. The lowest BCUT2D eigenvalue weighted by atomic mass is 10.2. The zero-order valence-corrected chi connectivity index (χ0v) is 8.26. The van der Waals surface area contributed by atoms with Crippen molar-refractivity contribution in [2.45, 2.75) is 32.6 Å². The molecule has 1 heterocycles. The van der Waals surface area contributed by atoms with Crippen LogP contribution in [0.2, 0.25) is 5.28 Å². The number of halogens is 1. The Labute approximate surface area is 81.4 Å². The molecular weight excluding hydrogens is 190 g/mol. The summed E-state index contributed by atoms with van der Waals surface area (Å²) < 4.78 is 0. The van der Waals surface area contributed by atoms with Crippen molar-refractivity contribution in [1.29, 1.82) is 0 Å². The largest absolute Gasteiger partial charge is 0.349 e. The van der Waals surface area contributed by atoms with Gasteiger partial charge in [0, 0.05) is 6.42 Å². The van der Waals surface area contributed by atoms with Crippen LogP contribution in [0.4, 0.5) is 0 Å². The Kier molecular flexibility index (Phi) is 3.89. The molecule has 1 rings (SSSR count). The first-order valence-electron chi connectivity index (χ1n) is 4.35. The standard InChI is InChI=1S/C8H12ClN3O/c1-2-3-4-5-6-10-7(9)12-8(13)11-6/h2-5H2,1H3,(H,10,11,12,13). The first kappa shape index (κ1) is 10.2. The van der Waals surface area contributed by atoms with Crippen molar-refractivity contribution in [3.63, 3.8) is 0 Å². The molecule has 0 fully saturated rings. The number of H-pyrrole nitrogens is 1. The van der Waals surface area contributed by atoms with Gasteiger partial charge in [0.05, 0.1) is 0 Å². The van der Waals surface area contributed by atoms with E-state index in [1.54, 1.807) is 0 Å². The summed E-state index contributed by atoms with van der Waals surface area (Å²) in [5, 5.41) is 0.0234. The van der Waals surface area contributed by atoms with Crippen molar-refractivity contribution in [3.05, 3.63) is 21.6 Å². The zero-order chi connectivity index (χ0) is 9.68. The van der Waals surface area contributed by atoms with Crippen LogP contribution in [-0.2, 0) is 6.42 Å². The van der Waals surface area contributed by atoms with Crippen molar-refractivity contribution >= 4 is 11.6 Å². The van der Waals surface area contributed by atoms with E-state index in [-0.39, 0.29) is 5.28 Å². The van der Waals surface area contributed by atoms with Crippen LogP contribution in [0.15, 0.2) is 4.79 Å². The fraction of sp³-hybridized carbons (Fsp3) is 0.625. The van der Waals surface area contributed by atoms with Gasteiger partial charge >= 0.3 is 5.69 Å². The summed E-state index contributed by atoms with van der Waals surface area (Å²) in [6.45, 7) is 2.12. The second kappa shape index (κ2) is 4.97. The lowest BCUT2D eigenvalue weighted by molar-refractivity contribution is 0.686. The van der Waals surface area contributed by atoms with Crippen LogP contribution in [-0.4, -0.2) is 15.0 Å². The van der Waals surface area contributed by atoms with Gasteiger partial charge in [-0.2, -0.15) is 4.98 Å². The monoisotopic (exact) mass is 201 g/mol. The summed E-state index contributed by atoms with van der Waals surface area (Å²) >= 11 is 5.52. The topological polar surface area (TPSA) is 58.6 Å². The molecule has 0 aliphatic heterocycles. The molecule has 0 saturated heterocycles. The highest BCUT2D eigenvalue weighted by Gasteiger charge is 1.99. The number of aromatic amines is 1. The van der Waals surface area contributed by atoms with Crippen molar-refractivity contribution < 1.29 is 0 Å². The van der Waals surface area contributed by atoms with Crippen molar-refractivity contribution in [3.8, 4) is 0 Å². The van der Waals surface area contributed by atoms with Gasteiger partial charge in [-0.25, -0.2) is 9.78 Å². The van der Waals surface area contributed by atoms with Crippen molar-refractivity contribution in [2.24, 2.45) is 0 Å². The average molecular weight is 202 g/mol. The molecule has 0 aliphatic rings. The molecule has 0 aliphatic carbocycles. The maximum Gasteiger partial charge on any atom is 0.349 e. The number of rotatable bonds is 4. The number of aryl methyl sites for hydroxylation is 1. The van der Waals surface area contributed by atoms with Gasteiger partial charge in [-0.3, -0.25) is 4.98 Å². The van der Waals surface area contributed by atoms with Gasteiger partial charge in [0.1, 0.15) is 5.82 Å². The van der Waals surface area contributed by atoms with E-state index in [0.717, 1.165) is 25.7 Å². The minimum atomic E-state index is -0.425. The van der Waals surface area contributed by atoms with E-state index in [0.29, 0.717) is 5.82 Å². The normalized spacial score (nSPS) is 10.3. The molecule has 0 unspecified atom stereocenters. The fourth-order valence-electron chi connectivity index (χ4n) is 1.06. The summed E-state index contributed by atoms with van der Waals surface area (Å²) in [7, 11) is 0. The Morgan fingerprint density at radius 3 is 2.77 bits per heavy atom. The fourth-order valence-corrected chi connectivity index (χ4v) is 1.24. The molecule has 1 aromatic heterocycles. The van der Waals surface area contributed by atoms with Crippen molar-refractivity contribution in [2.75, 3.05) is 0 Å². The van der Waals surface area contributed by atoms with Crippen LogP contribution in [0.5, 0.6) is 0 Å². The molecule has 0 atom stereocenters. The predicted molar refractivity (Wildman–Crippen MR) is 50.9 cm³/mol. The number of hydrogen-bond acceptors (Lipinski definition) is 3. The molecule has 72 valence electrons. The van der Waals surface area contributed by atoms with Gasteiger partial charge < -0.3 is 0 Å². The molecule has 13 heavy (non-hydrogen) atoms. The number of unbranched alkanes of at least 4 members (excludes halogenated alkanes) is 2. The van der Waals surface area contributed by atoms with Gasteiger partial charge in [-0.15, -0.1) is 0 Å². The summed E-state index contributed by atoms with van der Waals surface area (Å²) in [6, 6.07) is 0. The Hall–Kier alpha value is -0.900. The quantitative estimate of drug-likeness (QED) is 0.752. The first-order chi connectivity index (χ1) is 6.22. The molecule has 0 spiro atoms. The SMILES string of the molecule is CCCCCc1nc(Cl)nc(=O)[nH]1.